The summed E-state index contributed by atoms with van der Waals surface area (Å²) in [5.74, 6) is 1.24. The van der Waals surface area contributed by atoms with Crippen LogP contribution >= 0.6 is 0 Å². The third-order valence-corrected chi connectivity index (χ3v) is 4.02. The number of carbonyl (C=O) groups excluding carboxylic acids is 1. The highest BCUT2D eigenvalue weighted by atomic mass is 16.5. The van der Waals surface area contributed by atoms with E-state index in [1.807, 2.05) is 24.3 Å². The van der Waals surface area contributed by atoms with Crippen LogP contribution in [0.5, 0.6) is 0 Å². The second kappa shape index (κ2) is 7.77. The zero-order valence-electron chi connectivity index (χ0n) is 13.9. The van der Waals surface area contributed by atoms with Crippen molar-refractivity contribution in [3.63, 3.8) is 0 Å². The van der Waals surface area contributed by atoms with Gasteiger partial charge >= 0.3 is 5.97 Å². The van der Waals surface area contributed by atoms with E-state index in [0.29, 0.717) is 23.7 Å². The zero-order valence-corrected chi connectivity index (χ0v) is 13.9. The molecule has 0 unspecified atom stereocenters. The molecule has 1 N–H and O–H groups in total. The summed E-state index contributed by atoms with van der Waals surface area (Å²) >= 11 is 0. The number of hydrogen-bond donors (Lipinski definition) is 1. The monoisotopic (exact) mass is 326 g/mol. The van der Waals surface area contributed by atoms with E-state index in [4.69, 9.17) is 4.74 Å². The molecule has 24 heavy (non-hydrogen) atoms. The van der Waals surface area contributed by atoms with E-state index in [1.54, 1.807) is 19.3 Å². The molecule has 0 atom stereocenters. The van der Waals surface area contributed by atoms with E-state index in [-0.39, 0.29) is 5.97 Å². The lowest BCUT2D eigenvalue weighted by molar-refractivity contribution is 0.0527. The average Bonchev–Trinajstić information content (AvgIpc) is 2.63. The first-order chi connectivity index (χ1) is 11.8. The maximum Gasteiger partial charge on any atom is 0.340 e. The molecular weight excluding hydrogens is 304 g/mol. The third kappa shape index (κ3) is 3.82. The van der Waals surface area contributed by atoms with Crippen molar-refractivity contribution in [2.75, 3.05) is 29.9 Å². The number of anilines is 3. The number of hydrogen-bond acceptors (Lipinski definition) is 6. The number of ether oxygens (including phenoxy) is 1. The van der Waals surface area contributed by atoms with Gasteiger partial charge in [0.25, 0.3) is 0 Å². The molecule has 2 aromatic rings. The average molecular weight is 326 g/mol. The van der Waals surface area contributed by atoms with Crippen molar-refractivity contribution in [2.45, 2.75) is 26.2 Å². The van der Waals surface area contributed by atoms with Crippen LogP contribution in [0.3, 0.4) is 0 Å². The number of rotatable bonds is 5. The Balaban J connectivity index is 1.80. The molecular formula is C18H22N4O2. The third-order valence-electron chi connectivity index (χ3n) is 4.02. The van der Waals surface area contributed by atoms with Crippen molar-refractivity contribution in [2.24, 2.45) is 0 Å². The Hall–Kier alpha value is -2.63. The minimum Gasteiger partial charge on any atom is -0.462 e. The lowest BCUT2D eigenvalue weighted by atomic mass is 10.1. The Labute approximate surface area is 141 Å². The number of nitrogens with one attached hydrogen (secondary N) is 1. The van der Waals surface area contributed by atoms with E-state index in [1.165, 1.54) is 19.3 Å². The molecule has 0 saturated carbocycles. The minimum absolute atomic E-state index is 0.342. The molecule has 1 aromatic carbocycles. The van der Waals surface area contributed by atoms with Crippen molar-refractivity contribution >= 4 is 23.3 Å². The first-order valence-electron chi connectivity index (χ1n) is 8.38. The molecule has 0 spiro atoms. The van der Waals surface area contributed by atoms with Crippen LogP contribution in [0.2, 0.25) is 0 Å². The molecule has 1 aromatic heterocycles. The Kier molecular flexibility index (Phi) is 5.25. The summed E-state index contributed by atoms with van der Waals surface area (Å²) < 4.78 is 5.11. The summed E-state index contributed by atoms with van der Waals surface area (Å²) in [7, 11) is 0. The van der Waals surface area contributed by atoms with Gasteiger partial charge in [0.2, 0.25) is 0 Å². The normalized spacial score (nSPS) is 14.3. The van der Waals surface area contributed by atoms with Crippen LogP contribution in [0.25, 0.3) is 0 Å². The van der Waals surface area contributed by atoms with Crippen LogP contribution < -0.4 is 10.2 Å². The SMILES string of the molecule is CCOC(=O)c1ccccc1Nc1cc(N2CCCCC2)ncn1. The number of piperidine rings is 1. The Morgan fingerprint density at radius 2 is 2.00 bits per heavy atom. The van der Waals surface area contributed by atoms with Gasteiger partial charge in [0.05, 0.1) is 17.9 Å². The molecule has 6 heteroatoms. The number of esters is 1. The second-order valence-electron chi connectivity index (χ2n) is 5.70. The summed E-state index contributed by atoms with van der Waals surface area (Å²) in [6, 6.07) is 9.20. The maximum absolute atomic E-state index is 12.1. The molecule has 6 nitrogen and oxygen atoms in total. The van der Waals surface area contributed by atoms with Gasteiger partial charge in [-0.2, -0.15) is 0 Å². The van der Waals surface area contributed by atoms with Gasteiger partial charge in [-0.15, -0.1) is 0 Å². The number of nitrogens with zero attached hydrogens (tertiary/aromatic N) is 3. The first kappa shape index (κ1) is 16.2. The molecule has 0 amide bonds. The molecule has 1 saturated heterocycles. The van der Waals surface area contributed by atoms with Crippen molar-refractivity contribution in [1.29, 1.82) is 0 Å². The van der Waals surface area contributed by atoms with Gasteiger partial charge in [0.1, 0.15) is 18.0 Å². The van der Waals surface area contributed by atoms with Gasteiger partial charge in [-0.1, -0.05) is 12.1 Å². The molecule has 0 aliphatic carbocycles. The quantitative estimate of drug-likeness (QED) is 0.850. The molecule has 126 valence electrons. The zero-order chi connectivity index (χ0) is 16.8. The largest absolute Gasteiger partial charge is 0.462 e. The van der Waals surface area contributed by atoms with Gasteiger partial charge in [-0.05, 0) is 38.3 Å². The second-order valence-corrected chi connectivity index (χ2v) is 5.70. The number of carbonyl (C=O) groups is 1. The van der Waals surface area contributed by atoms with E-state index in [9.17, 15) is 4.79 Å². The lowest BCUT2D eigenvalue weighted by Gasteiger charge is -2.27. The Morgan fingerprint density at radius 1 is 1.21 bits per heavy atom. The van der Waals surface area contributed by atoms with Crippen LogP contribution in [-0.4, -0.2) is 35.6 Å². The standard InChI is InChI=1S/C18H22N4O2/c1-2-24-18(23)14-8-4-5-9-15(14)21-16-12-17(20-13-19-16)22-10-6-3-7-11-22/h4-5,8-9,12-13H,2-3,6-7,10-11H2,1H3,(H,19,20,21). The van der Waals surface area contributed by atoms with Gasteiger partial charge < -0.3 is 15.0 Å². The predicted molar refractivity (Wildman–Crippen MR) is 93.8 cm³/mol. The number of benzene rings is 1. The molecule has 3 rings (SSSR count). The fourth-order valence-electron chi connectivity index (χ4n) is 2.83. The molecule has 0 bridgehead atoms. The fourth-order valence-corrected chi connectivity index (χ4v) is 2.83. The summed E-state index contributed by atoms with van der Waals surface area (Å²) in [5, 5.41) is 3.21. The highest BCUT2D eigenvalue weighted by Crippen LogP contribution is 2.23. The van der Waals surface area contributed by atoms with Crippen LogP contribution in [0.1, 0.15) is 36.5 Å². The van der Waals surface area contributed by atoms with Crippen molar-refractivity contribution in [1.82, 2.24) is 9.97 Å². The van der Waals surface area contributed by atoms with Crippen LogP contribution in [0, 0.1) is 0 Å². The fraction of sp³-hybridized carbons (Fsp3) is 0.389. The Morgan fingerprint density at radius 3 is 2.79 bits per heavy atom. The topological polar surface area (TPSA) is 67.3 Å². The lowest BCUT2D eigenvalue weighted by Crippen LogP contribution is -2.30. The summed E-state index contributed by atoms with van der Waals surface area (Å²) in [4.78, 5) is 23.0. The van der Waals surface area contributed by atoms with Gasteiger partial charge in [-0.25, -0.2) is 14.8 Å². The maximum atomic E-state index is 12.1. The van der Waals surface area contributed by atoms with Crippen molar-refractivity contribution in [3.05, 3.63) is 42.2 Å². The summed E-state index contributed by atoms with van der Waals surface area (Å²) in [6.07, 6.45) is 5.22. The molecule has 1 aliphatic heterocycles. The predicted octanol–water partition coefficient (Wildman–Crippen LogP) is 3.39. The van der Waals surface area contributed by atoms with E-state index in [0.717, 1.165) is 18.9 Å². The van der Waals surface area contributed by atoms with Crippen molar-refractivity contribution in [3.8, 4) is 0 Å². The Bertz CT molecular complexity index is 699. The highest BCUT2D eigenvalue weighted by Gasteiger charge is 2.15. The van der Waals surface area contributed by atoms with Crippen molar-refractivity contribution < 1.29 is 9.53 Å². The minimum atomic E-state index is -0.342. The molecule has 1 aliphatic rings. The molecule has 2 heterocycles. The van der Waals surface area contributed by atoms with Crippen LogP contribution in [0.15, 0.2) is 36.7 Å². The van der Waals surface area contributed by atoms with Gasteiger partial charge in [-0.3, -0.25) is 0 Å². The van der Waals surface area contributed by atoms with E-state index in [2.05, 4.69) is 20.2 Å². The van der Waals surface area contributed by atoms with Crippen LogP contribution in [-0.2, 0) is 4.74 Å². The summed E-state index contributed by atoms with van der Waals surface area (Å²) in [5.41, 5.74) is 1.18. The smallest absolute Gasteiger partial charge is 0.340 e. The molecule has 1 fully saturated rings. The highest BCUT2D eigenvalue weighted by molar-refractivity contribution is 5.96. The number of para-hydroxylation sites is 1. The van der Waals surface area contributed by atoms with Gasteiger partial charge in [0.15, 0.2) is 0 Å². The van der Waals surface area contributed by atoms with E-state index < -0.39 is 0 Å². The van der Waals surface area contributed by atoms with Gasteiger partial charge in [0, 0.05) is 19.2 Å². The molecule has 0 radical (unpaired) electrons. The van der Waals surface area contributed by atoms with E-state index >= 15 is 0 Å². The number of aromatic nitrogens is 2. The first-order valence-corrected chi connectivity index (χ1v) is 8.38. The van der Waals surface area contributed by atoms with Crippen LogP contribution in [0.4, 0.5) is 17.3 Å². The summed E-state index contributed by atoms with van der Waals surface area (Å²) in [6.45, 7) is 4.19.